The molecule has 300 valence electrons. The van der Waals surface area contributed by atoms with Crippen molar-refractivity contribution in [2.45, 2.75) is 19.8 Å². The molecule has 0 spiro atoms. The Balaban J connectivity index is 1.15. The maximum Gasteiger partial charge on any atom is 0.162 e. The number of nitrogens with zero attached hydrogens (tertiary/aromatic N) is 3. The standard InChI is InChI=1S/C55H41IN4O2/c1-3-40-34(2)61-49-31-46-41-25-26-48-51(53(41)62-50(46)30-45(40)49)42-23-13-14-24-47(42)60(48)52-43(36-18-9-5-10-19-36)28-39(29-44(52)37-20-11-6-12-21-37)54(57)59-55(38-22-15-27-56-32-38)58-33-35-16-7-4-8-17-35/h3-20,22-28,30-33,37,44,57H,1,21,29H2,2H3. The Kier molecular flexibility index (Phi) is 9.69. The van der Waals surface area contributed by atoms with Crippen LogP contribution in [0.1, 0.15) is 35.3 Å². The van der Waals surface area contributed by atoms with Crippen LogP contribution < -0.4 is 0 Å². The van der Waals surface area contributed by atoms with Crippen LogP contribution in [0.2, 0.25) is 0 Å². The van der Waals surface area contributed by atoms with Gasteiger partial charge in [0.2, 0.25) is 0 Å². The quantitative estimate of drug-likeness (QED) is 0.0982. The molecule has 0 radical (unpaired) electrons. The van der Waals surface area contributed by atoms with Gasteiger partial charge in [-0.05, 0) is 86.9 Å². The Hall–Kier alpha value is -6.97. The molecule has 2 atom stereocenters. The Morgan fingerprint density at radius 1 is 0.839 bits per heavy atom. The Labute approximate surface area is 368 Å². The number of halogens is 1. The lowest BCUT2D eigenvalue weighted by molar-refractivity contribution is 0.476. The zero-order chi connectivity index (χ0) is 41.7. The van der Waals surface area contributed by atoms with Crippen LogP contribution in [0.15, 0.2) is 192 Å². The van der Waals surface area contributed by atoms with Crippen LogP contribution in [0.4, 0.5) is 0 Å². The molecule has 6 nitrogen and oxygen atoms in total. The number of para-hydroxylation sites is 1. The number of nitrogens with one attached hydrogen (secondary N) is 1. The van der Waals surface area contributed by atoms with Crippen LogP contribution >= 0.6 is 20.7 Å². The molecule has 2 unspecified atom stereocenters. The van der Waals surface area contributed by atoms with Crippen molar-refractivity contribution in [1.29, 1.82) is 5.41 Å². The zero-order valence-corrected chi connectivity index (χ0v) is 36.2. The molecule has 11 rings (SSSR count). The highest BCUT2D eigenvalue weighted by atomic mass is 127. The maximum atomic E-state index is 9.73. The number of benzene rings is 5. The molecular weight excluding hydrogens is 876 g/mol. The summed E-state index contributed by atoms with van der Waals surface area (Å²) in [5, 5.41) is 15.0. The van der Waals surface area contributed by atoms with Crippen molar-refractivity contribution in [3.63, 3.8) is 0 Å². The zero-order valence-electron chi connectivity index (χ0n) is 34.1. The van der Waals surface area contributed by atoms with Crippen LogP contribution in [-0.2, 0) is 0 Å². The molecule has 5 aromatic carbocycles. The fourth-order valence-electron chi connectivity index (χ4n) is 9.39. The molecule has 3 aliphatic rings. The molecule has 0 saturated carbocycles. The molecule has 1 N–H and O–H groups in total. The van der Waals surface area contributed by atoms with E-state index in [2.05, 4.69) is 141 Å². The Morgan fingerprint density at radius 3 is 2.42 bits per heavy atom. The van der Waals surface area contributed by atoms with E-state index in [-0.39, 0.29) is 38.4 Å². The summed E-state index contributed by atoms with van der Waals surface area (Å²) in [4.78, 5) is 9.97. The summed E-state index contributed by atoms with van der Waals surface area (Å²) >= 11 is -0.259. The Morgan fingerprint density at radius 2 is 1.63 bits per heavy atom. The number of fused-ring (bicyclic) bond motifs is 8. The predicted molar refractivity (Wildman–Crippen MR) is 270 cm³/mol. The molecule has 3 aromatic heterocycles. The minimum Gasteiger partial charge on any atom is -0.461 e. The van der Waals surface area contributed by atoms with Crippen molar-refractivity contribution in [3.05, 3.63) is 196 Å². The predicted octanol–water partition coefficient (Wildman–Crippen LogP) is 14.6. The molecule has 7 heteroatoms. The number of amidine groups is 2. The maximum absolute atomic E-state index is 9.73. The summed E-state index contributed by atoms with van der Waals surface area (Å²) in [6, 6.07) is 38.1. The number of aryl methyl sites for hydroxylation is 1. The van der Waals surface area contributed by atoms with Crippen LogP contribution in [0, 0.1) is 24.2 Å². The number of furan rings is 2. The fourth-order valence-corrected chi connectivity index (χ4v) is 10.9. The van der Waals surface area contributed by atoms with Crippen molar-refractivity contribution >= 4 is 115 Å². The van der Waals surface area contributed by atoms with Crippen molar-refractivity contribution < 1.29 is 8.83 Å². The number of hydrogen-bond donors (Lipinski definition) is 1. The average molecular weight is 917 g/mol. The summed E-state index contributed by atoms with van der Waals surface area (Å²) in [6.45, 7) is 6.03. The minimum absolute atomic E-state index is 0.00494. The van der Waals surface area contributed by atoms with Crippen LogP contribution in [0.5, 0.6) is 0 Å². The van der Waals surface area contributed by atoms with Gasteiger partial charge < -0.3 is 13.4 Å². The van der Waals surface area contributed by atoms with Crippen molar-refractivity contribution in [3.8, 4) is 0 Å². The van der Waals surface area contributed by atoms with E-state index in [9.17, 15) is 5.41 Å². The summed E-state index contributed by atoms with van der Waals surface area (Å²) < 4.78 is 20.1. The first-order valence-electron chi connectivity index (χ1n) is 20.9. The van der Waals surface area contributed by atoms with E-state index in [1.165, 1.54) is 5.70 Å². The van der Waals surface area contributed by atoms with Crippen molar-refractivity contribution in [1.82, 2.24) is 4.57 Å². The molecule has 62 heavy (non-hydrogen) atoms. The lowest BCUT2D eigenvalue weighted by Crippen LogP contribution is -2.25. The van der Waals surface area contributed by atoms with Crippen molar-refractivity contribution in [2.75, 3.05) is 0 Å². The van der Waals surface area contributed by atoms with E-state index < -0.39 is 0 Å². The van der Waals surface area contributed by atoms with Gasteiger partial charge in [0.25, 0.3) is 0 Å². The molecule has 4 heterocycles. The Bertz CT molecular complexity index is 3450. The van der Waals surface area contributed by atoms with E-state index in [1.54, 1.807) is 0 Å². The summed E-state index contributed by atoms with van der Waals surface area (Å²) in [5.41, 5.74) is 11.9. The molecule has 0 bridgehead atoms. The van der Waals surface area contributed by atoms with Crippen LogP contribution in [-0.4, -0.2) is 26.5 Å². The summed E-state index contributed by atoms with van der Waals surface area (Å²) in [7, 11) is 0. The van der Waals surface area contributed by atoms with Crippen LogP contribution in [0.3, 0.4) is 0 Å². The smallest absolute Gasteiger partial charge is 0.162 e. The fraction of sp³-hybridized carbons (Fsp3) is 0.0909. The molecule has 2 aliphatic carbocycles. The van der Waals surface area contributed by atoms with E-state index in [1.807, 2.05) is 49.5 Å². The molecule has 0 amide bonds. The number of rotatable bonds is 7. The largest absolute Gasteiger partial charge is 0.461 e. The van der Waals surface area contributed by atoms with E-state index in [0.29, 0.717) is 12.3 Å². The monoisotopic (exact) mass is 916 g/mol. The molecule has 0 saturated heterocycles. The lowest BCUT2D eigenvalue weighted by atomic mass is 9.74. The second kappa shape index (κ2) is 15.8. The van der Waals surface area contributed by atoms with Gasteiger partial charge in [-0.3, -0.25) is 5.41 Å². The lowest BCUT2D eigenvalue weighted by Gasteiger charge is -2.35. The highest BCUT2D eigenvalue weighted by molar-refractivity contribution is 14.2. The van der Waals surface area contributed by atoms with Gasteiger partial charge in [-0.25, -0.2) is 9.98 Å². The number of aliphatic imine (C=N–C) groups is 2. The van der Waals surface area contributed by atoms with Gasteiger partial charge in [-0.2, -0.15) is 0 Å². The third kappa shape index (κ3) is 6.55. The second-order valence-corrected chi connectivity index (χ2v) is 18.0. The number of allylic oxidation sites excluding steroid dienone is 8. The molecule has 8 aromatic rings. The topological polar surface area (TPSA) is 79.8 Å². The third-order valence-electron chi connectivity index (χ3n) is 12.3. The number of hydrogen-bond acceptors (Lipinski definition) is 3. The average Bonchev–Trinajstić information content (AvgIpc) is 3.97. The van der Waals surface area contributed by atoms with E-state index in [4.69, 9.17) is 18.8 Å². The van der Waals surface area contributed by atoms with Gasteiger partial charge in [0.05, 0.1) is 16.4 Å². The van der Waals surface area contributed by atoms with Gasteiger partial charge >= 0.3 is 0 Å². The first-order valence-corrected chi connectivity index (χ1v) is 23.4. The minimum atomic E-state index is -0.259. The highest BCUT2D eigenvalue weighted by Gasteiger charge is 2.35. The SMILES string of the molecule is C=Cc1c(C)oc2cc3c(cc12)oc1c3ccc2c1c1ccccc1n2C1=C(c2ccccc2)C=C(C(=N)N=C(N=Cc2ccccc2)C2=CI=CC=C2)CC1C1C=CC=CC1. The van der Waals surface area contributed by atoms with Crippen LogP contribution in [0.25, 0.3) is 72.1 Å². The second-order valence-electron chi connectivity index (χ2n) is 15.9. The summed E-state index contributed by atoms with van der Waals surface area (Å²) in [6.07, 6.45) is 20.5. The van der Waals surface area contributed by atoms with E-state index >= 15 is 0 Å². The normalized spacial score (nSPS) is 18.1. The number of aromatic nitrogens is 1. The third-order valence-corrected chi connectivity index (χ3v) is 14.1. The van der Waals surface area contributed by atoms with Crippen molar-refractivity contribution in [2.24, 2.45) is 21.8 Å². The highest BCUT2D eigenvalue weighted by Crippen LogP contribution is 2.49. The van der Waals surface area contributed by atoms with Gasteiger partial charge in [0.1, 0.15) is 28.3 Å². The summed E-state index contributed by atoms with van der Waals surface area (Å²) in [5.74, 6) is 1.81. The van der Waals surface area contributed by atoms with E-state index in [0.717, 1.165) is 100 Å². The van der Waals surface area contributed by atoms with Gasteiger partial charge in [-0.15, -0.1) is 0 Å². The van der Waals surface area contributed by atoms with Gasteiger partial charge in [0.15, 0.2) is 5.84 Å². The molecule has 0 fully saturated rings. The van der Waals surface area contributed by atoms with Gasteiger partial charge in [0, 0.05) is 56.1 Å². The molecule has 1 aliphatic heterocycles. The van der Waals surface area contributed by atoms with Gasteiger partial charge in [-0.1, -0.05) is 149 Å². The first kappa shape index (κ1) is 38.0. The molecular formula is C55H41IN4O2. The first-order chi connectivity index (χ1) is 30.5.